The minimum atomic E-state index is -0.198. The largest absolute Gasteiger partial charge is 0.340 e. The quantitative estimate of drug-likeness (QED) is 0.170. The third-order valence-corrected chi connectivity index (χ3v) is 7.47. The van der Waals surface area contributed by atoms with Crippen molar-refractivity contribution in [2.45, 2.75) is 12.3 Å². The summed E-state index contributed by atoms with van der Waals surface area (Å²) in [6, 6.07) is 42.0. The maximum atomic E-state index is 4.66. The van der Waals surface area contributed by atoms with Crippen molar-refractivity contribution in [2.75, 3.05) is 0 Å². The summed E-state index contributed by atoms with van der Waals surface area (Å²) in [5, 5.41) is 0. The van der Waals surface area contributed by atoms with Crippen LogP contribution < -0.4 is 0 Å². The number of benzene rings is 4. The molecule has 4 heteroatoms. The molecule has 3 nitrogen and oxygen atoms in total. The summed E-state index contributed by atoms with van der Waals surface area (Å²) >= 11 is 0. The normalized spacial score (nSPS) is 15.4. The molecule has 8 rings (SSSR count). The maximum Gasteiger partial charge on any atom is 0.0605 e. The number of hydrogen-bond acceptors (Lipinski definition) is 2. The number of nitrogens with zero attached hydrogens (tertiary/aromatic N) is 3. The SMILES string of the molecule is CC12c3ccc[c-]c3-c3nccn3-c3cccc(c31)-c1ccccc12.[Ir].[c-]1ccccc1-c1ccccn1. The van der Waals surface area contributed by atoms with E-state index in [0.717, 1.165) is 22.6 Å². The first kappa shape index (κ1) is 24.2. The van der Waals surface area contributed by atoms with Gasteiger partial charge in [-0.1, -0.05) is 55.5 Å². The van der Waals surface area contributed by atoms with Crippen LogP contribution in [0.5, 0.6) is 0 Å². The number of hydrogen-bond donors (Lipinski definition) is 0. The molecule has 38 heavy (non-hydrogen) atoms. The number of fused-ring (bicyclic) bond motifs is 8. The Bertz CT molecular complexity index is 1700. The smallest absolute Gasteiger partial charge is 0.0605 e. The van der Waals surface area contributed by atoms with Crippen molar-refractivity contribution >= 4 is 0 Å². The molecule has 185 valence electrons. The minimum Gasteiger partial charge on any atom is -0.340 e. The monoisotopic (exact) mass is 666 g/mol. The van der Waals surface area contributed by atoms with Gasteiger partial charge in [0.1, 0.15) is 0 Å². The van der Waals surface area contributed by atoms with Gasteiger partial charge in [-0.2, -0.15) is 0 Å². The molecule has 2 aliphatic rings. The van der Waals surface area contributed by atoms with Crippen LogP contribution in [0.15, 0.2) is 122 Å². The molecular formula is C34H23IrN3-2. The molecule has 2 aromatic heterocycles. The number of aromatic nitrogens is 3. The van der Waals surface area contributed by atoms with Crippen LogP contribution in [0.3, 0.4) is 0 Å². The summed E-state index contributed by atoms with van der Waals surface area (Å²) in [6.45, 7) is 2.35. The third-order valence-electron chi connectivity index (χ3n) is 7.47. The predicted molar refractivity (Wildman–Crippen MR) is 147 cm³/mol. The van der Waals surface area contributed by atoms with Crippen LogP contribution in [0.1, 0.15) is 23.6 Å². The molecular weight excluding hydrogens is 643 g/mol. The summed E-state index contributed by atoms with van der Waals surface area (Å²) in [5.74, 6) is 0.970. The topological polar surface area (TPSA) is 30.7 Å². The second-order valence-electron chi connectivity index (χ2n) is 9.44. The summed E-state index contributed by atoms with van der Waals surface area (Å²) < 4.78 is 2.21. The van der Waals surface area contributed by atoms with E-state index in [1.54, 1.807) is 6.20 Å². The standard InChI is InChI=1S/C23H15N2.C11H8N.Ir/c1-23-18-10-4-2-7-15(18)16-9-6-12-20(21(16)23)25-14-13-24-22(25)17-8-3-5-11-19(17)23;1-2-6-10(7-3-1)11-8-4-5-9-12-11;/h2-7,9-14H,1H3;1-6,8-9H;/q2*-1;. The van der Waals surface area contributed by atoms with Gasteiger partial charge in [0.05, 0.1) is 5.82 Å². The summed E-state index contributed by atoms with van der Waals surface area (Å²) in [4.78, 5) is 8.88. The molecule has 0 saturated heterocycles. The molecule has 1 unspecified atom stereocenters. The van der Waals surface area contributed by atoms with E-state index in [1.807, 2.05) is 54.7 Å². The predicted octanol–water partition coefficient (Wildman–Crippen LogP) is 7.53. The molecule has 0 spiro atoms. The van der Waals surface area contributed by atoms with Gasteiger partial charge in [0.25, 0.3) is 0 Å². The van der Waals surface area contributed by atoms with Gasteiger partial charge in [-0.15, -0.1) is 71.3 Å². The Labute approximate surface area is 236 Å². The van der Waals surface area contributed by atoms with Crippen molar-refractivity contribution in [1.82, 2.24) is 14.5 Å². The van der Waals surface area contributed by atoms with Crippen LogP contribution >= 0.6 is 0 Å². The van der Waals surface area contributed by atoms with Crippen LogP contribution in [0.2, 0.25) is 0 Å². The molecule has 1 atom stereocenters. The molecule has 0 amide bonds. The molecule has 3 heterocycles. The summed E-state index contributed by atoms with van der Waals surface area (Å²) in [7, 11) is 0. The third kappa shape index (κ3) is 3.60. The molecule has 4 aromatic carbocycles. The summed E-state index contributed by atoms with van der Waals surface area (Å²) in [6.07, 6.45) is 5.73. The molecule has 0 N–H and O–H groups in total. The average molecular weight is 666 g/mol. The molecule has 1 aliphatic heterocycles. The van der Waals surface area contributed by atoms with Gasteiger partial charge in [0.15, 0.2) is 0 Å². The maximum absolute atomic E-state index is 4.66. The Hall–Kier alpha value is -4.11. The molecule has 1 aliphatic carbocycles. The Balaban J connectivity index is 0.000000172. The molecule has 6 aromatic rings. The number of rotatable bonds is 1. The van der Waals surface area contributed by atoms with Crippen molar-refractivity contribution < 1.29 is 20.1 Å². The van der Waals surface area contributed by atoms with Crippen LogP contribution in [0.25, 0.3) is 39.5 Å². The van der Waals surface area contributed by atoms with E-state index in [0.29, 0.717) is 0 Å². The van der Waals surface area contributed by atoms with E-state index in [-0.39, 0.29) is 25.5 Å². The fourth-order valence-corrected chi connectivity index (χ4v) is 5.86. The van der Waals surface area contributed by atoms with Gasteiger partial charge < -0.3 is 9.55 Å². The second kappa shape index (κ2) is 9.64. The Morgan fingerprint density at radius 2 is 1.47 bits per heavy atom. The zero-order valence-electron chi connectivity index (χ0n) is 20.7. The van der Waals surface area contributed by atoms with Crippen molar-refractivity contribution in [1.29, 1.82) is 0 Å². The van der Waals surface area contributed by atoms with Gasteiger partial charge in [-0.05, 0) is 40.1 Å². The Morgan fingerprint density at radius 1 is 0.684 bits per heavy atom. The fraction of sp³-hybridized carbons (Fsp3) is 0.0588. The van der Waals surface area contributed by atoms with Crippen molar-refractivity contribution in [3.05, 3.63) is 151 Å². The van der Waals surface area contributed by atoms with Crippen molar-refractivity contribution in [2.24, 2.45) is 0 Å². The first-order chi connectivity index (χ1) is 18.3. The second-order valence-corrected chi connectivity index (χ2v) is 9.44. The molecule has 0 saturated carbocycles. The van der Waals surface area contributed by atoms with Gasteiger partial charge in [-0.3, -0.25) is 4.98 Å². The Morgan fingerprint density at radius 3 is 2.32 bits per heavy atom. The van der Waals surface area contributed by atoms with Crippen LogP contribution in [0, 0.1) is 12.1 Å². The van der Waals surface area contributed by atoms with E-state index in [1.165, 1.54) is 33.5 Å². The number of pyridine rings is 1. The molecule has 1 radical (unpaired) electrons. The fourth-order valence-electron chi connectivity index (χ4n) is 5.86. The zero-order valence-corrected chi connectivity index (χ0v) is 23.1. The van der Waals surface area contributed by atoms with Gasteiger partial charge in [0.2, 0.25) is 0 Å². The summed E-state index contributed by atoms with van der Waals surface area (Å²) in [5.41, 5.74) is 10.8. The van der Waals surface area contributed by atoms with E-state index >= 15 is 0 Å². The zero-order chi connectivity index (χ0) is 24.8. The van der Waals surface area contributed by atoms with Crippen LogP contribution in [-0.2, 0) is 25.5 Å². The van der Waals surface area contributed by atoms with Crippen molar-refractivity contribution in [3.63, 3.8) is 0 Å². The first-order valence-electron chi connectivity index (χ1n) is 12.4. The molecule has 0 bridgehead atoms. The van der Waals surface area contributed by atoms with Gasteiger partial charge >= 0.3 is 0 Å². The first-order valence-corrected chi connectivity index (χ1v) is 12.4. The van der Waals surface area contributed by atoms with Crippen LogP contribution in [-0.4, -0.2) is 14.5 Å². The van der Waals surface area contributed by atoms with E-state index in [2.05, 4.69) is 94.4 Å². The van der Waals surface area contributed by atoms with Crippen molar-refractivity contribution in [3.8, 4) is 39.5 Å². The van der Waals surface area contributed by atoms with E-state index in [9.17, 15) is 0 Å². The number of imidazole rings is 1. The average Bonchev–Trinajstić information content (AvgIpc) is 3.55. The van der Waals surface area contributed by atoms with Gasteiger partial charge in [-0.25, -0.2) is 0 Å². The van der Waals surface area contributed by atoms with Gasteiger partial charge in [0, 0.05) is 49.8 Å². The Kier molecular flexibility index (Phi) is 6.15. The van der Waals surface area contributed by atoms with E-state index < -0.39 is 0 Å². The van der Waals surface area contributed by atoms with E-state index in [4.69, 9.17) is 0 Å². The molecule has 0 fully saturated rings. The van der Waals surface area contributed by atoms with Crippen LogP contribution in [0.4, 0.5) is 0 Å². The minimum absolute atomic E-state index is 0.